The highest BCUT2D eigenvalue weighted by Crippen LogP contribution is 2.43. The Balaban J connectivity index is 0.982. The number of rotatable bonds is 9. The molecule has 12 nitrogen and oxygen atoms in total. The second kappa shape index (κ2) is 13.1. The van der Waals surface area contributed by atoms with Gasteiger partial charge in [-0.3, -0.25) is 29.4 Å². The first-order chi connectivity index (χ1) is 25.0. The Labute approximate surface area is 308 Å². The standard InChI is InChI=1S/C39H43ClN8O4/c1-24-27(8-6-9-28(24)31-12-41-33(36(43-31)51-4)14-45-16-38(17-45)20-47(21-38)25(2)49)29-10-7-11-30(35(29)40)32-13-42-34(37(44-32)52-5)15-46-18-39(19-46)22-48(23-39)26(3)50/h6-13H,14-23H2,1-5H3. The van der Waals surface area contributed by atoms with Crippen LogP contribution in [0.5, 0.6) is 11.8 Å². The van der Waals surface area contributed by atoms with Gasteiger partial charge in [0.1, 0.15) is 11.4 Å². The number of carbonyl (C=O) groups excluding carboxylic acids is 2. The zero-order valence-electron chi connectivity index (χ0n) is 30.3. The van der Waals surface area contributed by atoms with E-state index in [1.807, 2.05) is 46.3 Å². The van der Waals surface area contributed by atoms with E-state index < -0.39 is 0 Å². The Kier molecular flexibility index (Phi) is 8.67. The lowest BCUT2D eigenvalue weighted by molar-refractivity contribution is -0.158. The molecule has 270 valence electrons. The Morgan fingerprint density at radius 1 is 0.673 bits per heavy atom. The summed E-state index contributed by atoms with van der Waals surface area (Å²) in [5, 5.41) is 0.570. The van der Waals surface area contributed by atoms with Gasteiger partial charge in [0.25, 0.3) is 0 Å². The van der Waals surface area contributed by atoms with E-state index in [9.17, 15) is 9.59 Å². The Bertz CT molecular complexity index is 1920. The first kappa shape index (κ1) is 34.4. The molecule has 2 aromatic carbocycles. The number of halogens is 1. The first-order valence-electron chi connectivity index (χ1n) is 17.6. The van der Waals surface area contributed by atoms with E-state index in [1.165, 1.54) is 0 Å². The lowest BCUT2D eigenvalue weighted by atomic mass is 9.72. The zero-order valence-corrected chi connectivity index (χ0v) is 31.0. The van der Waals surface area contributed by atoms with Crippen molar-refractivity contribution in [1.82, 2.24) is 39.5 Å². The van der Waals surface area contributed by atoms with Crippen LogP contribution in [0.2, 0.25) is 5.02 Å². The van der Waals surface area contributed by atoms with Crippen LogP contribution < -0.4 is 9.47 Å². The van der Waals surface area contributed by atoms with Gasteiger partial charge in [-0.15, -0.1) is 0 Å². The van der Waals surface area contributed by atoms with Crippen LogP contribution >= 0.6 is 11.6 Å². The number of likely N-dealkylation sites (tertiary alicyclic amines) is 4. The molecule has 2 spiro atoms. The number of amides is 2. The van der Waals surface area contributed by atoms with Gasteiger partial charge in [0.15, 0.2) is 0 Å². The fourth-order valence-corrected chi connectivity index (χ4v) is 8.89. The van der Waals surface area contributed by atoms with Crippen molar-refractivity contribution < 1.29 is 19.1 Å². The number of methoxy groups -OCH3 is 2. The van der Waals surface area contributed by atoms with Crippen molar-refractivity contribution >= 4 is 23.4 Å². The average molecular weight is 723 g/mol. The third-order valence-corrected chi connectivity index (χ3v) is 11.6. The molecule has 52 heavy (non-hydrogen) atoms. The number of carbonyl (C=O) groups is 2. The summed E-state index contributed by atoms with van der Waals surface area (Å²) in [5.74, 6) is 1.27. The van der Waals surface area contributed by atoms with E-state index in [4.69, 9.17) is 41.0 Å². The fraction of sp³-hybridized carbons (Fsp3) is 0.436. The highest BCUT2D eigenvalue weighted by atomic mass is 35.5. The van der Waals surface area contributed by atoms with Gasteiger partial charge in [0.2, 0.25) is 23.6 Å². The largest absolute Gasteiger partial charge is 0.480 e. The zero-order chi connectivity index (χ0) is 36.4. The monoisotopic (exact) mass is 722 g/mol. The third-order valence-electron chi connectivity index (χ3n) is 11.2. The van der Waals surface area contributed by atoms with E-state index in [0.717, 1.165) is 97.3 Å². The number of nitrogens with zero attached hydrogens (tertiary/aromatic N) is 8. The predicted molar refractivity (Wildman–Crippen MR) is 197 cm³/mol. The van der Waals surface area contributed by atoms with Crippen LogP contribution in [0.15, 0.2) is 48.8 Å². The highest BCUT2D eigenvalue weighted by molar-refractivity contribution is 6.36. The lowest BCUT2D eigenvalue weighted by Gasteiger charge is -2.60. The Morgan fingerprint density at radius 3 is 1.56 bits per heavy atom. The molecule has 4 fully saturated rings. The molecule has 13 heteroatoms. The molecule has 4 saturated heterocycles. The maximum Gasteiger partial charge on any atom is 0.237 e. The molecular weight excluding hydrogens is 680 g/mol. The summed E-state index contributed by atoms with van der Waals surface area (Å²) in [6.07, 6.45) is 3.58. The van der Waals surface area contributed by atoms with Crippen molar-refractivity contribution in [2.45, 2.75) is 33.9 Å². The topological polar surface area (TPSA) is 117 Å². The van der Waals surface area contributed by atoms with E-state index in [1.54, 1.807) is 34.3 Å². The van der Waals surface area contributed by atoms with E-state index in [2.05, 4.69) is 22.8 Å². The van der Waals surface area contributed by atoms with Gasteiger partial charge in [-0.1, -0.05) is 48.0 Å². The summed E-state index contributed by atoms with van der Waals surface area (Å²) in [6, 6.07) is 12.0. The number of ether oxygens (including phenoxy) is 2. The van der Waals surface area contributed by atoms with Crippen LogP contribution in [-0.2, 0) is 22.7 Å². The molecular formula is C39H43ClN8O4. The predicted octanol–water partition coefficient (Wildman–Crippen LogP) is 4.57. The lowest BCUT2D eigenvalue weighted by Crippen LogP contribution is -2.72. The fourth-order valence-electron chi connectivity index (χ4n) is 8.56. The summed E-state index contributed by atoms with van der Waals surface area (Å²) < 4.78 is 11.4. The normalized spacial score (nSPS) is 18.7. The molecule has 0 bridgehead atoms. The third kappa shape index (κ3) is 6.06. The molecule has 2 amide bonds. The van der Waals surface area contributed by atoms with Crippen molar-refractivity contribution in [2.24, 2.45) is 10.8 Å². The van der Waals surface area contributed by atoms with Crippen LogP contribution in [0, 0.1) is 17.8 Å². The number of benzene rings is 2. The van der Waals surface area contributed by atoms with Gasteiger partial charge in [-0.2, -0.15) is 0 Å². The van der Waals surface area contributed by atoms with Gasteiger partial charge in [-0.05, 0) is 18.1 Å². The van der Waals surface area contributed by atoms with Crippen LogP contribution in [-0.4, -0.2) is 118 Å². The number of aromatic nitrogens is 4. The average Bonchev–Trinajstić information content (AvgIpc) is 3.06. The van der Waals surface area contributed by atoms with Crippen molar-refractivity contribution in [3.05, 3.63) is 70.8 Å². The molecule has 0 radical (unpaired) electrons. The number of hydrogen-bond acceptors (Lipinski definition) is 10. The van der Waals surface area contributed by atoms with Gasteiger partial charge in [0, 0.05) is 107 Å². The molecule has 0 unspecified atom stereocenters. The molecule has 0 N–H and O–H groups in total. The van der Waals surface area contributed by atoms with Crippen molar-refractivity contribution in [3.8, 4) is 45.4 Å². The second-order valence-electron chi connectivity index (χ2n) is 15.1. The Morgan fingerprint density at radius 2 is 1.10 bits per heavy atom. The van der Waals surface area contributed by atoms with Crippen LogP contribution in [0.1, 0.15) is 30.8 Å². The first-order valence-corrected chi connectivity index (χ1v) is 18.0. The van der Waals surface area contributed by atoms with Gasteiger partial charge >= 0.3 is 0 Å². The van der Waals surface area contributed by atoms with Crippen LogP contribution in [0.25, 0.3) is 33.6 Å². The molecule has 4 aromatic rings. The molecule has 2 aromatic heterocycles. The van der Waals surface area contributed by atoms with Crippen molar-refractivity contribution in [3.63, 3.8) is 0 Å². The molecule has 6 heterocycles. The minimum absolute atomic E-state index is 0.142. The van der Waals surface area contributed by atoms with Crippen LogP contribution in [0.3, 0.4) is 0 Å². The second-order valence-corrected chi connectivity index (χ2v) is 15.5. The van der Waals surface area contributed by atoms with Gasteiger partial charge in [-0.25, -0.2) is 9.97 Å². The van der Waals surface area contributed by atoms with E-state index in [0.29, 0.717) is 35.6 Å². The summed E-state index contributed by atoms with van der Waals surface area (Å²) in [7, 11) is 3.24. The SMILES string of the molecule is COc1nc(-c2cccc(-c3cccc(-c4cnc(CN5CC6(C5)CN(C(C)=O)C6)c(OC)n4)c3Cl)c2C)cnc1CN1CC2(C1)CN(C(C)=O)C2. The molecule has 8 rings (SSSR count). The smallest absolute Gasteiger partial charge is 0.237 e. The molecule has 4 aliphatic rings. The maximum absolute atomic E-state index is 11.6. The van der Waals surface area contributed by atoms with E-state index >= 15 is 0 Å². The minimum atomic E-state index is 0.142. The highest BCUT2D eigenvalue weighted by Gasteiger charge is 2.53. The van der Waals surface area contributed by atoms with Gasteiger partial charge in [0.05, 0.1) is 43.0 Å². The Hall–Kier alpha value is -4.65. The summed E-state index contributed by atoms with van der Waals surface area (Å²) in [6.45, 7) is 13.7. The molecule has 0 saturated carbocycles. The van der Waals surface area contributed by atoms with Crippen molar-refractivity contribution in [2.75, 3.05) is 66.6 Å². The number of hydrogen-bond donors (Lipinski definition) is 0. The van der Waals surface area contributed by atoms with Crippen molar-refractivity contribution in [1.29, 1.82) is 0 Å². The molecule has 0 atom stereocenters. The summed E-state index contributed by atoms with van der Waals surface area (Å²) in [5.41, 5.74) is 7.92. The molecule has 4 aliphatic heterocycles. The van der Waals surface area contributed by atoms with E-state index in [-0.39, 0.29) is 22.6 Å². The van der Waals surface area contributed by atoms with Crippen LogP contribution in [0.4, 0.5) is 0 Å². The quantitative estimate of drug-likeness (QED) is 0.243. The van der Waals surface area contributed by atoms with Gasteiger partial charge < -0.3 is 19.3 Å². The summed E-state index contributed by atoms with van der Waals surface area (Å²) in [4.78, 5) is 51.1. The maximum atomic E-state index is 11.6. The minimum Gasteiger partial charge on any atom is -0.480 e. The summed E-state index contributed by atoms with van der Waals surface area (Å²) >= 11 is 7.16. The molecule has 0 aliphatic carbocycles.